The van der Waals surface area contributed by atoms with Gasteiger partial charge in [0.2, 0.25) is 0 Å². The van der Waals surface area contributed by atoms with E-state index in [9.17, 15) is 9.59 Å². The fraction of sp³-hybridized carbons (Fsp3) is 0.308. The van der Waals surface area contributed by atoms with Crippen LogP contribution in [0.4, 0.5) is 0 Å². The van der Waals surface area contributed by atoms with Crippen LogP contribution in [0.25, 0.3) is 0 Å². The van der Waals surface area contributed by atoms with Crippen molar-refractivity contribution in [3.63, 3.8) is 0 Å². The van der Waals surface area contributed by atoms with Gasteiger partial charge in [0, 0.05) is 29.3 Å². The summed E-state index contributed by atoms with van der Waals surface area (Å²) < 4.78 is 15.6. The van der Waals surface area contributed by atoms with E-state index in [2.05, 4.69) is 5.32 Å². The van der Waals surface area contributed by atoms with E-state index in [1.54, 1.807) is 14.2 Å². The van der Waals surface area contributed by atoms with E-state index in [1.165, 1.54) is 7.11 Å². The van der Waals surface area contributed by atoms with E-state index in [4.69, 9.17) is 14.2 Å². The molecular weight excluding hydrogens is 406 g/mol. The first-order valence-corrected chi connectivity index (χ1v) is 10.6. The molecule has 0 radical (unpaired) electrons. The van der Waals surface area contributed by atoms with Crippen molar-refractivity contribution >= 4 is 11.8 Å². The van der Waals surface area contributed by atoms with Crippen LogP contribution in [0.2, 0.25) is 0 Å². The molecule has 2 atom stereocenters. The van der Waals surface area contributed by atoms with Gasteiger partial charge < -0.3 is 19.5 Å². The summed E-state index contributed by atoms with van der Waals surface area (Å²) >= 11 is 0. The second-order valence-corrected chi connectivity index (χ2v) is 8.06. The van der Waals surface area contributed by atoms with Crippen molar-refractivity contribution in [1.82, 2.24) is 5.32 Å². The van der Waals surface area contributed by atoms with Crippen molar-refractivity contribution in [3.8, 4) is 11.5 Å². The van der Waals surface area contributed by atoms with Crippen molar-refractivity contribution < 1.29 is 23.8 Å². The maximum Gasteiger partial charge on any atom is 0.336 e. The molecule has 6 nitrogen and oxygen atoms in total. The Bertz CT molecular complexity index is 1100. The predicted octanol–water partition coefficient (Wildman–Crippen LogP) is 4.24. The Balaban J connectivity index is 1.76. The van der Waals surface area contributed by atoms with Crippen LogP contribution in [-0.2, 0) is 14.3 Å². The SMILES string of the molecule is COC(=O)C1=C(C)NC2=C(C(=O)C[C@@H](c3ccc(OC)cc3)C2)[C@@H]1c1ccc(OC)cc1. The van der Waals surface area contributed by atoms with Crippen LogP contribution < -0.4 is 14.8 Å². The molecular formula is C26H27NO5. The highest BCUT2D eigenvalue weighted by molar-refractivity contribution is 6.04. The van der Waals surface area contributed by atoms with Crippen molar-refractivity contribution in [2.24, 2.45) is 0 Å². The molecule has 0 saturated heterocycles. The molecule has 2 aromatic carbocycles. The summed E-state index contributed by atoms with van der Waals surface area (Å²) in [5.74, 6) is 0.679. The number of hydrogen-bond acceptors (Lipinski definition) is 6. The van der Waals surface area contributed by atoms with Gasteiger partial charge in [-0.2, -0.15) is 0 Å². The number of carbonyl (C=O) groups is 2. The number of esters is 1. The van der Waals surface area contributed by atoms with E-state index < -0.39 is 11.9 Å². The van der Waals surface area contributed by atoms with Gasteiger partial charge in [-0.3, -0.25) is 4.79 Å². The summed E-state index contributed by atoms with van der Waals surface area (Å²) in [6.45, 7) is 1.86. The van der Waals surface area contributed by atoms with Gasteiger partial charge in [0.15, 0.2) is 5.78 Å². The Morgan fingerprint density at radius 1 is 0.875 bits per heavy atom. The minimum atomic E-state index is -0.478. The minimum absolute atomic E-state index is 0.0364. The molecule has 1 heterocycles. The second kappa shape index (κ2) is 8.91. The maximum atomic E-state index is 13.5. The number of carbonyl (C=O) groups excluding carboxylic acids is 2. The van der Waals surface area contributed by atoms with E-state index in [0.29, 0.717) is 35.4 Å². The first-order valence-electron chi connectivity index (χ1n) is 10.6. The molecule has 0 saturated carbocycles. The number of methoxy groups -OCH3 is 3. The number of benzene rings is 2. The molecule has 32 heavy (non-hydrogen) atoms. The molecule has 0 amide bonds. The molecule has 166 valence electrons. The number of Topliss-reactive ketones (excluding diaryl/α,β-unsaturated/α-hetero) is 1. The van der Waals surface area contributed by atoms with Gasteiger partial charge in [0.05, 0.1) is 26.9 Å². The number of nitrogens with one attached hydrogen (secondary N) is 1. The first kappa shape index (κ1) is 21.7. The Labute approximate surface area is 187 Å². The summed E-state index contributed by atoms with van der Waals surface area (Å²) in [5.41, 5.74) is 4.64. The van der Waals surface area contributed by atoms with Crippen molar-refractivity contribution in [1.29, 1.82) is 0 Å². The molecule has 6 heteroatoms. The maximum absolute atomic E-state index is 13.5. The Morgan fingerprint density at radius 2 is 1.44 bits per heavy atom. The van der Waals surface area contributed by atoms with Gasteiger partial charge in [-0.05, 0) is 54.7 Å². The highest BCUT2D eigenvalue weighted by Gasteiger charge is 2.41. The monoisotopic (exact) mass is 433 g/mol. The Hall–Kier alpha value is -3.54. The summed E-state index contributed by atoms with van der Waals surface area (Å²) in [6.07, 6.45) is 1.07. The molecule has 1 N–H and O–H groups in total. The zero-order valence-corrected chi connectivity index (χ0v) is 18.7. The molecule has 0 unspecified atom stereocenters. The number of dihydropyridines is 1. The summed E-state index contributed by atoms with van der Waals surface area (Å²) in [6, 6.07) is 15.3. The Morgan fingerprint density at radius 3 is 1.97 bits per heavy atom. The van der Waals surface area contributed by atoms with E-state index in [0.717, 1.165) is 22.6 Å². The molecule has 0 spiro atoms. The van der Waals surface area contributed by atoms with Gasteiger partial charge in [0.1, 0.15) is 11.5 Å². The molecule has 4 rings (SSSR count). The van der Waals surface area contributed by atoms with Gasteiger partial charge >= 0.3 is 5.97 Å². The van der Waals surface area contributed by atoms with Crippen LogP contribution in [0.15, 0.2) is 71.1 Å². The molecule has 1 aliphatic carbocycles. The topological polar surface area (TPSA) is 73.9 Å². The standard InChI is InChI=1S/C26H27NO5/c1-15-23(26(29)32-4)24(17-7-11-20(31-3)12-8-17)25-21(27-15)13-18(14-22(25)28)16-5-9-19(30-2)10-6-16/h5-12,18,24,27H,13-14H2,1-4H3/t18-,24+/m0/s1. The van der Waals surface area contributed by atoms with Crippen LogP contribution in [0.3, 0.4) is 0 Å². The molecule has 0 fully saturated rings. The zero-order valence-electron chi connectivity index (χ0n) is 18.7. The fourth-order valence-electron chi connectivity index (χ4n) is 4.66. The summed E-state index contributed by atoms with van der Waals surface area (Å²) in [5, 5.41) is 3.35. The lowest BCUT2D eigenvalue weighted by molar-refractivity contribution is -0.136. The molecule has 0 aromatic heterocycles. The number of ether oxygens (including phenoxy) is 3. The predicted molar refractivity (Wildman–Crippen MR) is 121 cm³/mol. The van der Waals surface area contributed by atoms with Crippen LogP contribution in [0.5, 0.6) is 11.5 Å². The van der Waals surface area contributed by atoms with E-state index >= 15 is 0 Å². The average Bonchev–Trinajstić information content (AvgIpc) is 2.82. The minimum Gasteiger partial charge on any atom is -0.497 e. The third-order valence-corrected chi connectivity index (χ3v) is 6.27. The van der Waals surface area contributed by atoms with Crippen molar-refractivity contribution in [3.05, 3.63) is 82.2 Å². The number of allylic oxidation sites excluding steroid dienone is 3. The molecule has 1 aliphatic heterocycles. The van der Waals surface area contributed by atoms with Gasteiger partial charge in [0.25, 0.3) is 0 Å². The number of ketones is 1. The fourth-order valence-corrected chi connectivity index (χ4v) is 4.66. The summed E-state index contributed by atoms with van der Waals surface area (Å²) in [4.78, 5) is 26.2. The average molecular weight is 434 g/mol. The lowest BCUT2D eigenvalue weighted by Crippen LogP contribution is -2.36. The normalized spacial score (nSPS) is 20.4. The molecule has 0 bridgehead atoms. The highest BCUT2D eigenvalue weighted by atomic mass is 16.5. The quantitative estimate of drug-likeness (QED) is 0.711. The highest BCUT2D eigenvalue weighted by Crippen LogP contribution is 2.46. The molecule has 2 aromatic rings. The third kappa shape index (κ3) is 3.88. The van der Waals surface area contributed by atoms with Crippen LogP contribution in [0.1, 0.15) is 42.7 Å². The van der Waals surface area contributed by atoms with E-state index in [1.807, 2.05) is 55.5 Å². The number of hydrogen-bond donors (Lipinski definition) is 1. The van der Waals surface area contributed by atoms with Crippen molar-refractivity contribution in [2.75, 3.05) is 21.3 Å². The summed E-state index contributed by atoms with van der Waals surface area (Å²) in [7, 11) is 4.60. The third-order valence-electron chi connectivity index (χ3n) is 6.27. The second-order valence-electron chi connectivity index (χ2n) is 8.06. The van der Waals surface area contributed by atoms with Crippen LogP contribution in [-0.4, -0.2) is 33.1 Å². The lowest BCUT2D eigenvalue weighted by atomic mass is 9.71. The van der Waals surface area contributed by atoms with E-state index in [-0.39, 0.29) is 11.7 Å². The first-order chi connectivity index (χ1) is 15.5. The Kier molecular flexibility index (Phi) is 6.04. The number of rotatable bonds is 5. The van der Waals surface area contributed by atoms with Gasteiger partial charge in [-0.15, -0.1) is 0 Å². The lowest BCUT2D eigenvalue weighted by Gasteiger charge is -2.36. The molecule has 2 aliphatic rings. The van der Waals surface area contributed by atoms with Crippen molar-refractivity contribution in [2.45, 2.75) is 31.6 Å². The van der Waals surface area contributed by atoms with Crippen LogP contribution >= 0.6 is 0 Å². The van der Waals surface area contributed by atoms with Gasteiger partial charge in [-0.25, -0.2) is 4.79 Å². The zero-order chi connectivity index (χ0) is 22.8. The smallest absolute Gasteiger partial charge is 0.336 e. The van der Waals surface area contributed by atoms with Gasteiger partial charge in [-0.1, -0.05) is 24.3 Å². The largest absolute Gasteiger partial charge is 0.497 e. The van der Waals surface area contributed by atoms with Crippen LogP contribution in [0, 0.1) is 0 Å².